The zero-order valence-corrected chi connectivity index (χ0v) is 6.07. The molecule has 0 spiro atoms. The molecular formula is C7H3F4NO. The molecule has 70 valence electrons. The minimum Gasteiger partial charge on any atom is -0.365 e. The van der Waals surface area contributed by atoms with Crippen LogP contribution >= 0.6 is 0 Å². The molecule has 1 aromatic carbocycles. The van der Waals surface area contributed by atoms with E-state index in [9.17, 15) is 22.4 Å². The van der Waals surface area contributed by atoms with Gasteiger partial charge in [-0.2, -0.15) is 0 Å². The number of carbonyl (C=O) groups is 1. The number of halogens is 4. The van der Waals surface area contributed by atoms with Crippen LogP contribution in [0, 0.1) is 23.3 Å². The quantitative estimate of drug-likeness (QED) is 0.408. The molecule has 0 bridgehead atoms. The van der Waals surface area contributed by atoms with Crippen LogP contribution in [0.2, 0.25) is 0 Å². The van der Waals surface area contributed by atoms with Crippen molar-refractivity contribution in [3.8, 4) is 0 Å². The van der Waals surface area contributed by atoms with E-state index >= 15 is 0 Å². The van der Waals surface area contributed by atoms with Crippen molar-refractivity contribution >= 4 is 5.91 Å². The molecule has 0 aliphatic heterocycles. The number of amides is 1. The molecule has 0 radical (unpaired) electrons. The van der Waals surface area contributed by atoms with E-state index in [1.54, 1.807) is 0 Å². The molecule has 0 saturated heterocycles. The third-order valence-electron chi connectivity index (χ3n) is 1.36. The fourth-order valence-corrected chi connectivity index (χ4v) is 0.792. The lowest BCUT2D eigenvalue weighted by Crippen LogP contribution is -2.17. The molecule has 6 heteroatoms. The van der Waals surface area contributed by atoms with Gasteiger partial charge < -0.3 is 5.73 Å². The van der Waals surface area contributed by atoms with Gasteiger partial charge in [0.2, 0.25) is 0 Å². The molecule has 0 aliphatic carbocycles. The monoisotopic (exact) mass is 193 g/mol. The van der Waals surface area contributed by atoms with Crippen LogP contribution in [-0.2, 0) is 0 Å². The summed E-state index contributed by atoms with van der Waals surface area (Å²) in [6.07, 6.45) is 0. The van der Waals surface area contributed by atoms with E-state index in [1.165, 1.54) is 0 Å². The van der Waals surface area contributed by atoms with Crippen LogP contribution in [0.25, 0.3) is 0 Å². The number of nitrogens with two attached hydrogens (primary N) is 1. The Hall–Kier alpha value is -1.59. The fourth-order valence-electron chi connectivity index (χ4n) is 0.792. The van der Waals surface area contributed by atoms with Crippen LogP contribution in [0.5, 0.6) is 0 Å². The van der Waals surface area contributed by atoms with Crippen LogP contribution in [0.15, 0.2) is 6.07 Å². The van der Waals surface area contributed by atoms with Gasteiger partial charge in [0, 0.05) is 6.07 Å². The van der Waals surface area contributed by atoms with Gasteiger partial charge in [0.05, 0.1) is 0 Å². The van der Waals surface area contributed by atoms with Gasteiger partial charge in [0.15, 0.2) is 17.5 Å². The molecule has 0 fully saturated rings. The number of benzene rings is 1. The van der Waals surface area contributed by atoms with Gasteiger partial charge in [-0.15, -0.1) is 0 Å². The predicted molar refractivity (Wildman–Crippen MR) is 34.8 cm³/mol. The molecule has 0 heterocycles. The summed E-state index contributed by atoms with van der Waals surface area (Å²) in [7, 11) is 0. The van der Waals surface area contributed by atoms with Crippen molar-refractivity contribution in [3.05, 3.63) is 34.9 Å². The predicted octanol–water partition coefficient (Wildman–Crippen LogP) is 1.34. The van der Waals surface area contributed by atoms with Gasteiger partial charge in [0.1, 0.15) is 11.4 Å². The van der Waals surface area contributed by atoms with E-state index in [0.29, 0.717) is 0 Å². The van der Waals surface area contributed by atoms with Crippen LogP contribution in [0.1, 0.15) is 10.4 Å². The Labute approximate surface area is 70.0 Å². The minimum absolute atomic E-state index is 0.0541. The van der Waals surface area contributed by atoms with Crippen molar-refractivity contribution in [2.75, 3.05) is 0 Å². The van der Waals surface area contributed by atoms with E-state index in [2.05, 4.69) is 5.73 Å². The lowest BCUT2D eigenvalue weighted by molar-refractivity contribution is 0.0990. The largest absolute Gasteiger partial charge is 0.365 e. The zero-order valence-electron chi connectivity index (χ0n) is 6.07. The second kappa shape index (κ2) is 3.04. The number of rotatable bonds is 1. The van der Waals surface area contributed by atoms with E-state index in [4.69, 9.17) is 0 Å². The van der Waals surface area contributed by atoms with E-state index in [-0.39, 0.29) is 6.07 Å². The van der Waals surface area contributed by atoms with Gasteiger partial charge in [0.25, 0.3) is 5.91 Å². The SMILES string of the molecule is NC(=O)c1c(F)cc(F)c(F)c1F. The Morgan fingerprint density at radius 2 is 1.62 bits per heavy atom. The molecule has 0 aliphatic rings. The molecule has 1 rings (SSSR count). The average Bonchev–Trinajstić information content (AvgIpc) is 1.99. The van der Waals surface area contributed by atoms with Gasteiger partial charge in [-0.1, -0.05) is 0 Å². The molecule has 0 aromatic heterocycles. The third kappa shape index (κ3) is 1.47. The van der Waals surface area contributed by atoms with Gasteiger partial charge >= 0.3 is 0 Å². The molecule has 0 unspecified atom stereocenters. The second-order valence-electron chi connectivity index (χ2n) is 2.21. The smallest absolute Gasteiger partial charge is 0.254 e. The average molecular weight is 193 g/mol. The Balaban J connectivity index is 3.53. The highest BCUT2D eigenvalue weighted by Gasteiger charge is 2.22. The highest BCUT2D eigenvalue weighted by molar-refractivity contribution is 5.93. The Bertz CT molecular complexity index is 377. The zero-order chi connectivity index (χ0) is 10.2. The van der Waals surface area contributed by atoms with Crippen LogP contribution in [0.3, 0.4) is 0 Å². The second-order valence-corrected chi connectivity index (χ2v) is 2.21. The van der Waals surface area contributed by atoms with Gasteiger partial charge in [-0.3, -0.25) is 4.79 Å². The maximum Gasteiger partial charge on any atom is 0.254 e. The van der Waals surface area contributed by atoms with Crippen molar-refractivity contribution in [1.29, 1.82) is 0 Å². The molecular weight excluding hydrogens is 190 g/mol. The van der Waals surface area contributed by atoms with Crippen LogP contribution < -0.4 is 5.73 Å². The first-order chi connectivity index (χ1) is 5.95. The summed E-state index contributed by atoms with van der Waals surface area (Å²) in [6, 6.07) is 0.0541. The molecule has 1 amide bonds. The van der Waals surface area contributed by atoms with E-state index in [0.717, 1.165) is 0 Å². The molecule has 0 atom stereocenters. The van der Waals surface area contributed by atoms with E-state index < -0.39 is 34.7 Å². The summed E-state index contributed by atoms with van der Waals surface area (Å²) in [5, 5.41) is 0. The first kappa shape index (κ1) is 9.50. The van der Waals surface area contributed by atoms with Crippen molar-refractivity contribution in [3.63, 3.8) is 0 Å². The first-order valence-corrected chi connectivity index (χ1v) is 3.08. The number of hydrogen-bond acceptors (Lipinski definition) is 1. The lowest BCUT2D eigenvalue weighted by Gasteiger charge is -2.01. The van der Waals surface area contributed by atoms with Crippen LogP contribution in [0.4, 0.5) is 17.6 Å². The summed E-state index contributed by atoms with van der Waals surface area (Å²) in [5.41, 5.74) is 3.25. The standard InChI is InChI=1S/C7H3F4NO/c8-2-1-3(9)5(10)6(11)4(2)7(12)13/h1H,(H2,12,13). The molecule has 2 nitrogen and oxygen atoms in total. The third-order valence-corrected chi connectivity index (χ3v) is 1.36. The van der Waals surface area contributed by atoms with Crippen molar-refractivity contribution in [2.24, 2.45) is 5.73 Å². The van der Waals surface area contributed by atoms with Gasteiger partial charge in [-0.25, -0.2) is 17.6 Å². The Morgan fingerprint density at radius 3 is 2.08 bits per heavy atom. The lowest BCUT2D eigenvalue weighted by atomic mass is 10.2. The summed E-state index contributed by atoms with van der Waals surface area (Å²) >= 11 is 0. The summed E-state index contributed by atoms with van der Waals surface area (Å²) < 4.78 is 49.9. The summed E-state index contributed by atoms with van der Waals surface area (Å²) in [6.45, 7) is 0. The Kier molecular flexibility index (Phi) is 2.22. The molecule has 2 N–H and O–H groups in total. The number of hydrogen-bond donors (Lipinski definition) is 1. The summed E-state index contributed by atoms with van der Waals surface area (Å²) in [4.78, 5) is 10.4. The Morgan fingerprint density at radius 1 is 1.08 bits per heavy atom. The van der Waals surface area contributed by atoms with Crippen molar-refractivity contribution in [2.45, 2.75) is 0 Å². The topological polar surface area (TPSA) is 43.1 Å². The number of primary amides is 1. The van der Waals surface area contributed by atoms with Crippen molar-refractivity contribution < 1.29 is 22.4 Å². The van der Waals surface area contributed by atoms with Gasteiger partial charge in [-0.05, 0) is 0 Å². The van der Waals surface area contributed by atoms with Crippen molar-refractivity contribution in [1.82, 2.24) is 0 Å². The normalized spacial score (nSPS) is 10.2. The van der Waals surface area contributed by atoms with E-state index in [1.807, 2.05) is 0 Å². The first-order valence-electron chi connectivity index (χ1n) is 3.08. The molecule has 0 saturated carbocycles. The summed E-state index contributed by atoms with van der Waals surface area (Å²) in [5.74, 6) is -8.56. The maximum absolute atomic E-state index is 12.6. The van der Waals surface area contributed by atoms with Crippen LogP contribution in [-0.4, -0.2) is 5.91 Å². The highest BCUT2D eigenvalue weighted by Crippen LogP contribution is 2.18. The number of carbonyl (C=O) groups excluding carboxylic acids is 1. The maximum atomic E-state index is 12.6. The molecule has 13 heavy (non-hydrogen) atoms. The fraction of sp³-hybridized carbons (Fsp3) is 0. The molecule has 1 aromatic rings. The minimum atomic E-state index is -1.92. The highest BCUT2D eigenvalue weighted by atomic mass is 19.2.